The van der Waals surface area contributed by atoms with Crippen molar-refractivity contribution in [2.75, 3.05) is 74.3 Å². The van der Waals surface area contributed by atoms with Crippen molar-refractivity contribution >= 4 is 65.3 Å². The summed E-state index contributed by atoms with van der Waals surface area (Å²) < 4.78 is 20.2. The second-order valence-electron chi connectivity index (χ2n) is 45.6. The number of aliphatic carboxylic acids is 1. The van der Waals surface area contributed by atoms with E-state index in [2.05, 4.69) is 145 Å². The Morgan fingerprint density at radius 1 is 0.350 bits per heavy atom. The lowest BCUT2D eigenvalue weighted by Gasteiger charge is -2.48. The first kappa shape index (κ1) is 99.8. The van der Waals surface area contributed by atoms with Crippen LogP contribution in [0.2, 0.25) is 0 Å². The van der Waals surface area contributed by atoms with Gasteiger partial charge in [0, 0.05) is 129 Å². The van der Waals surface area contributed by atoms with Crippen molar-refractivity contribution in [3.05, 3.63) is 224 Å². The van der Waals surface area contributed by atoms with E-state index in [9.17, 15) is 83.2 Å². The number of benzene rings is 6. The highest BCUT2D eigenvalue weighted by molar-refractivity contribution is 5.92. The first-order chi connectivity index (χ1) is 68.1. The van der Waals surface area contributed by atoms with Crippen LogP contribution in [-0.4, -0.2) is 201 Å². The average Bonchev–Trinajstić information content (AvgIpc) is 1.57. The molecule has 6 amide bonds. The van der Waals surface area contributed by atoms with Gasteiger partial charge in [0.25, 0.3) is 0 Å². The number of phenols is 1. The van der Waals surface area contributed by atoms with Crippen LogP contribution in [-0.2, 0) is 143 Å². The van der Waals surface area contributed by atoms with E-state index in [1.165, 1.54) is 95.2 Å². The number of hydrogen-bond acceptors (Lipinski definition) is 21. The standard InChI is InChI=1S/C20H24N2O5.C20H26N2O3.C19H23NO3.C18H22N2O3.C18H21NO4.C18H21NO3/c1-11-4-5-15-13(6-11)7-17(19(24)27-3)22-18(23)8-16-14(10-21(25)26)12(2)9-20(15,16)22;1-11-4-5-15-13(6-11)7-17(19(24)25-3)22-18(23)8-16-14(10-21)12(2)9-20(15,16)22;1-11-4-5-14-13(8-11)6-7-20-16(21)9-15-17(18(22)23-3)12(2)10-19(14,15)20;1-11-3-4-15-13(7-11)5-6-19-17(21)8-16-14(10-20(22)23)12(2)9-18(15,16)19;1-10-9-18-13-4-3-12(20)7-11(13)5-6-19(18)15(21)8-14(18)16(10)17(22)23-2;1-10-3-4-13-12(7-10)5-6-19-15(20)8-14-16(17(21)22)11(2)9-18(13,14)19/h4-6,12,14,16-17H,7-10H2,1-3H3;4-6,12,14,16-17H,7-10,21H2,1-3H3;4-5,8,12,15,17H,6-7,9-10H2,1-3H3;3-4,7,12,14,16H,5-6,8-10H2,1-2H3;3-4,7,10,14,16,20H,5-6,8-9H2,1-2H3;3-4,7,11,14,16H,5-6,8-9H2,1-2H3,(H,21,22)/t2*12-,14+,16-,17-,20-;12-,15-,17+,19-;12-,14+,16-,18-;10-,14-,16+,18-;11-,14-,16+,18-/m000000/s1. The highest BCUT2D eigenvalue weighted by Gasteiger charge is 2.73. The van der Waals surface area contributed by atoms with E-state index >= 15 is 0 Å². The van der Waals surface area contributed by atoms with Crippen LogP contribution in [0.3, 0.4) is 0 Å². The van der Waals surface area contributed by atoms with Crippen LogP contribution >= 0.6 is 0 Å². The molecule has 12 heterocycles. The van der Waals surface area contributed by atoms with E-state index in [-0.39, 0.29) is 194 Å². The number of aryl methyl sites for hydroxylation is 5. The Morgan fingerprint density at radius 3 is 0.937 bits per heavy atom. The summed E-state index contributed by atoms with van der Waals surface area (Å²) >= 11 is 0. The third-order valence-corrected chi connectivity index (χ3v) is 38.5. The van der Waals surface area contributed by atoms with Crippen molar-refractivity contribution in [3.63, 3.8) is 0 Å². The number of methoxy groups -OCH3 is 4. The number of hydrogen-bond donors (Lipinski definition) is 3. The molecular formula is C113H137N9O21. The maximum atomic E-state index is 13.0. The lowest BCUT2D eigenvalue weighted by molar-refractivity contribution is -0.491. The summed E-state index contributed by atoms with van der Waals surface area (Å²) in [5, 5.41) is 41.9. The summed E-state index contributed by atoms with van der Waals surface area (Å²) in [5.74, 6) is -0.381. The van der Waals surface area contributed by atoms with Gasteiger partial charge in [-0.1, -0.05) is 166 Å². The van der Waals surface area contributed by atoms with E-state index in [1.54, 1.807) is 17.0 Å². The number of aromatic hydroxyl groups is 1. The van der Waals surface area contributed by atoms with Gasteiger partial charge >= 0.3 is 29.8 Å². The van der Waals surface area contributed by atoms with Crippen molar-refractivity contribution < 1.29 is 91.7 Å². The normalized spacial score (nSPS) is 35.1. The van der Waals surface area contributed by atoms with E-state index in [0.717, 1.165) is 105 Å². The van der Waals surface area contributed by atoms with Crippen molar-refractivity contribution in [3.8, 4) is 5.75 Å². The number of carbonyl (C=O) groups is 11. The van der Waals surface area contributed by atoms with Gasteiger partial charge < -0.3 is 64.3 Å². The molecule has 6 spiro atoms. The Kier molecular flexibility index (Phi) is 25.8. The zero-order valence-corrected chi connectivity index (χ0v) is 84.9. The van der Waals surface area contributed by atoms with Gasteiger partial charge in [0.1, 0.15) is 17.8 Å². The molecule has 6 aliphatic carbocycles. The molecule has 760 valence electrons. The number of ether oxygens (including phenoxy) is 4. The topological polar surface area (TPSA) is 397 Å². The zero-order chi connectivity index (χ0) is 102. The molecule has 0 unspecified atom stereocenters. The first-order valence-electron chi connectivity index (χ1n) is 51.7. The third-order valence-electron chi connectivity index (χ3n) is 38.5. The van der Waals surface area contributed by atoms with Crippen molar-refractivity contribution in [2.45, 2.75) is 237 Å². The largest absolute Gasteiger partial charge is 0.508 e. The van der Waals surface area contributed by atoms with Crippen LogP contribution in [0.4, 0.5) is 0 Å². The maximum Gasteiger partial charge on any atom is 0.328 e. The molecule has 0 bridgehead atoms. The summed E-state index contributed by atoms with van der Waals surface area (Å²) in [6, 6.07) is 36.4. The van der Waals surface area contributed by atoms with Gasteiger partial charge in [0.15, 0.2) is 0 Å². The number of fused-ring (bicyclic) bond motifs is 6. The minimum atomic E-state index is -0.747. The molecule has 12 fully saturated rings. The van der Waals surface area contributed by atoms with Crippen LogP contribution < -0.4 is 5.73 Å². The van der Waals surface area contributed by atoms with Crippen molar-refractivity contribution in [2.24, 2.45) is 112 Å². The Balaban J connectivity index is 0.000000109. The van der Waals surface area contributed by atoms with E-state index in [4.69, 9.17) is 24.7 Å². The Morgan fingerprint density at radius 2 is 0.608 bits per heavy atom. The van der Waals surface area contributed by atoms with Gasteiger partial charge in [-0.25, -0.2) is 9.59 Å². The highest BCUT2D eigenvalue weighted by Crippen LogP contribution is 2.69. The van der Waals surface area contributed by atoms with Gasteiger partial charge in [-0.15, -0.1) is 0 Å². The molecule has 6 saturated carbocycles. The number of nitro groups is 2. The van der Waals surface area contributed by atoms with Crippen LogP contribution in [0.15, 0.2) is 109 Å². The quantitative estimate of drug-likeness (QED) is 0.0496. The molecule has 30 heteroatoms. The zero-order valence-electron chi connectivity index (χ0n) is 84.9. The number of nitrogens with two attached hydrogens (primary N) is 1. The minimum absolute atomic E-state index is 0.00815. The summed E-state index contributed by atoms with van der Waals surface area (Å²) in [6.45, 7) is 26.3. The van der Waals surface area contributed by atoms with Gasteiger partial charge in [-0.2, -0.15) is 0 Å². The summed E-state index contributed by atoms with van der Waals surface area (Å²) in [5.41, 5.74) is 24.1. The molecule has 143 heavy (non-hydrogen) atoms. The highest BCUT2D eigenvalue weighted by atomic mass is 16.6. The smallest absolute Gasteiger partial charge is 0.328 e. The SMILES string of the molecule is COC(=O)[C@@H]1Cc2cc(C)ccc2[C@@]23C[C@H](C)[C@@H](CN)[C@@H]2CC(=O)N13.COC(=O)[C@@H]1Cc2cc(C)ccc2[C@@]23C[C@H](C)[C@@H](C[N+](=O)[O-])[C@@H]2CC(=O)N13.COC(=O)[C@@H]1[C@@H](C)C[C@@]23c4ccc(C)cc4CCN2C(=O)C[C@@H]13.COC(=O)[C@@H]1[C@@H](C)C[C@@]23c4ccc(O)cc4CCN2C(=O)C[C@@H]13.Cc1ccc2c(c1)CCN1C(=O)C[C@H]3[C@H](C(=O)O)[C@@H](C)C[C@]231.Cc1ccc2c(c1)CCN1C(=O)C[C@H]3[C@H](C[N+](=O)[O-])[C@@H](C)C[C@]231. The third kappa shape index (κ3) is 15.2. The second kappa shape index (κ2) is 37.0. The van der Waals surface area contributed by atoms with Gasteiger partial charge in [0.05, 0.1) is 79.4 Å². The molecule has 6 aromatic rings. The number of carboxylic acids is 1. The fraction of sp³-hybridized carbons (Fsp3) is 0.584. The van der Waals surface area contributed by atoms with Gasteiger partial charge in [-0.05, 0) is 232 Å². The lowest BCUT2D eigenvalue weighted by Crippen LogP contribution is -2.57. The van der Waals surface area contributed by atoms with E-state index < -0.39 is 46.6 Å². The van der Waals surface area contributed by atoms with Crippen LogP contribution in [0.25, 0.3) is 0 Å². The van der Waals surface area contributed by atoms with Crippen LogP contribution in [0.1, 0.15) is 213 Å². The molecular weight excluding hydrogens is 1820 g/mol. The number of rotatable bonds is 10. The Hall–Kier alpha value is -12.0. The molecule has 4 N–H and O–H groups in total. The minimum Gasteiger partial charge on any atom is -0.508 e. The number of nitrogens with zero attached hydrogens (tertiary/aromatic N) is 8. The second-order valence-corrected chi connectivity index (χ2v) is 45.6. The molecule has 6 aromatic carbocycles. The molecule has 24 rings (SSSR count). The monoisotopic (exact) mass is 1960 g/mol. The fourth-order valence-corrected chi connectivity index (χ4v) is 33.6. The molecule has 6 saturated heterocycles. The van der Waals surface area contributed by atoms with Crippen LogP contribution in [0.5, 0.6) is 5.75 Å². The molecule has 26 atom stereocenters. The van der Waals surface area contributed by atoms with E-state index in [0.29, 0.717) is 76.3 Å². The molecule has 0 aromatic heterocycles. The van der Waals surface area contributed by atoms with Gasteiger partial charge in [-0.3, -0.25) is 63.4 Å². The van der Waals surface area contributed by atoms with Gasteiger partial charge in [0.2, 0.25) is 48.5 Å². The van der Waals surface area contributed by atoms with Crippen LogP contribution in [0, 0.1) is 161 Å². The first-order valence-corrected chi connectivity index (χ1v) is 51.7. The summed E-state index contributed by atoms with van der Waals surface area (Å²) in [4.78, 5) is 171. The number of carboxylic acid groups (broad SMARTS) is 1. The Bertz CT molecular complexity index is 6160. The molecule has 0 radical (unpaired) electrons. The number of amides is 6. The maximum absolute atomic E-state index is 13.0. The Labute approximate surface area is 835 Å². The molecule has 30 nitrogen and oxygen atoms in total. The molecule has 18 aliphatic rings. The summed E-state index contributed by atoms with van der Waals surface area (Å²) in [7, 11) is 5.61. The number of esters is 4. The average molecular weight is 1960 g/mol. The number of phenolic OH excluding ortho intramolecular Hbond substituents is 1. The predicted octanol–water partition coefficient (Wildman–Crippen LogP) is 12.9. The van der Waals surface area contributed by atoms with E-state index in [1.807, 2.05) is 52.5 Å². The fourth-order valence-electron chi connectivity index (χ4n) is 33.6. The summed E-state index contributed by atoms with van der Waals surface area (Å²) in [6.07, 6.45) is 11.6. The van der Waals surface area contributed by atoms with Crippen molar-refractivity contribution in [1.82, 2.24) is 29.4 Å². The predicted molar refractivity (Wildman–Crippen MR) is 525 cm³/mol. The lowest BCUT2D eigenvalue weighted by atomic mass is 9.72. The molecule has 12 aliphatic heterocycles. The van der Waals surface area contributed by atoms with Crippen molar-refractivity contribution in [1.29, 1.82) is 0 Å². The number of carbonyl (C=O) groups excluding carboxylic acids is 10.